The molecule has 0 aliphatic carbocycles. The fourth-order valence-electron chi connectivity index (χ4n) is 1.96. The molecule has 0 saturated heterocycles. The molecule has 1 aromatic heterocycles. The van der Waals surface area contributed by atoms with Gasteiger partial charge in [0.15, 0.2) is 0 Å². The number of aromatic nitrogens is 1. The van der Waals surface area contributed by atoms with Gasteiger partial charge in [-0.1, -0.05) is 12.1 Å². The van der Waals surface area contributed by atoms with Crippen LogP contribution < -0.4 is 5.32 Å². The molecular weight excluding hydrogens is 327 g/mol. The third kappa shape index (κ3) is 3.22. The van der Waals surface area contributed by atoms with Crippen LogP contribution in [0.1, 0.15) is 27.2 Å². The Morgan fingerprint density at radius 3 is 2.74 bits per heavy atom. The molecule has 19 heavy (non-hydrogen) atoms. The lowest BCUT2D eigenvalue weighted by atomic mass is 10.0. The monoisotopic (exact) mass is 342 g/mol. The standard InChI is InChI=1S/C14H16BrFN2S/c1-8-9(2)19-13(18-8)7-12(17-3)10-5-4-6-11(16)14(10)15/h4-6,12,17H,7H2,1-3H3. The number of likely N-dealkylation sites (N-methyl/N-ethyl adjacent to an activating group) is 1. The molecule has 1 atom stereocenters. The summed E-state index contributed by atoms with van der Waals surface area (Å²) < 4.78 is 14.1. The minimum absolute atomic E-state index is 0.0509. The van der Waals surface area contributed by atoms with Gasteiger partial charge in [-0.3, -0.25) is 0 Å². The molecule has 0 spiro atoms. The summed E-state index contributed by atoms with van der Waals surface area (Å²) in [4.78, 5) is 5.78. The average molecular weight is 343 g/mol. The zero-order valence-corrected chi connectivity index (χ0v) is 13.5. The fourth-order valence-corrected chi connectivity index (χ4v) is 3.48. The first-order chi connectivity index (χ1) is 9.02. The first-order valence-electron chi connectivity index (χ1n) is 6.07. The van der Waals surface area contributed by atoms with E-state index in [9.17, 15) is 4.39 Å². The highest BCUT2D eigenvalue weighted by atomic mass is 79.9. The van der Waals surface area contributed by atoms with Crippen molar-refractivity contribution in [2.24, 2.45) is 0 Å². The van der Waals surface area contributed by atoms with Crippen molar-refractivity contribution in [3.63, 3.8) is 0 Å². The van der Waals surface area contributed by atoms with E-state index in [0.29, 0.717) is 4.47 Å². The summed E-state index contributed by atoms with van der Waals surface area (Å²) in [7, 11) is 1.88. The van der Waals surface area contributed by atoms with Crippen LogP contribution in [0.5, 0.6) is 0 Å². The lowest BCUT2D eigenvalue weighted by molar-refractivity contribution is 0.570. The number of rotatable bonds is 4. The van der Waals surface area contributed by atoms with Gasteiger partial charge in [0.2, 0.25) is 0 Å². The summed E-state index contributed by atoms with van der Waals surface area (Å²) in [6.07, 6.45) is 0.762. The fraction of sp³-hybridized carbons (Fsp3) is 0.357. The van der Waals surface area contributed by atoms with E-state index in [1.54, 1.807) is 17.4 Å². The summed E-state index contributed by atoms with van der Waals surface area (Å²) in [5.41, 5.74) is 2.00. The van der Waals surface area contributed by atoms with Crippen LogP contribution in [0, 0.1) is 19.7 Å². The second-order valence-electron chi connectivity index (χ2n) is 4.44. The van der Waals surface area contributed by atoms with Crippen molar-refractivity contribution >= 4 is 27.3 Å². The van der Waals surface area contributed by atoms with Gasteiger partial charge < -0.3 is 5.32 Å². The quantitative estimate of drug-likeness (QED) is 0.902. The number of halogens is 2. The van der Waals surface area contributed by atoms with Crippen LogP contribution in [0.2, 0.25) is 0 Å². The molecule has 0 bridgehead atoms. The van der Waals surface area contributed by atoms with E-state index in [2.05, 4.69) is 33.2 Å². The predicted octanol–water partition coefficient (Wildman–Crippen LogP) is 4.16. The van der Waals surface area contributed by atoms with Crippen LogP contribution >= 0.6 is 27.3 Å². The SMILES string of the molecule is CNC(Cc1nc(C)c(C)s1)c1cccc(F)c1Br. The van der Waals surface area contributed by atoms with Gasteiger partial charge in [0.25, 0.3) is 0 Å². The zero-order valence-electron chi connectivity index (χ0n) is 11.1. The van der Waals surface area contributed by atoms with Gasteiger partial charge in [-0.2, -0.15) is 0 Å². The van der Waals surface area contributed by atoms with Gasteiger partial charge >= 0.3 is 0 Å². The number of thiazole rings is 1. The average Bonchev–Trinajstić information content (AvgIpc) is 2.69. The smallest absolute Gasteiger partial charge is 0.137 e. The van der Waals surface area contributed by atoms with Crippen LogP contribution in [0.15, 0.2) is 22.7 Å². The Kier molecular flexibility index (Phi) is 4.71. The topological polar surface area (TPSA) is 24.9 Å². The minimum atomic E-state index is -0.232. The maximum Gasteiger partial charge on any atom is 0.137 e. The van der Waals surface area contributed by atoms with Gasteiger partial charge in [-0.25, -0.2) is 9.37 Å². The van der Waals surface area contributed by atoms with E-state index in [4.69, 9.17) is 0 Å². The molecule has 1 heterocycles. The third-order valence-electron chi connectivity index (χ3n) is 3.16. The number of hydrogen-bond acceptors (Lipinski definition) is 3. The van der Waals surface area contributed by atoms with E-state index in [-0.39, 0.29) is 11.9 Å². The molecule has 0 amide bonds. The molecule has 0 radical (unpaired) electrons. The molecule has 2 aromatic rings. The molecule has 2 rings (SSSR count). The Labute approximate surface area is 125 Å². The van der Waals surface area contributed by atoms with Crippen LogP contribution in [-0.4, -0.2) is 12.0 Å². The number of aryl methyl sites for hydroxylation is 2. The maximum absolute atomic E-state index is 13.6. The van der Waals surface area contributed by atoms with E-state index in [1.807, 2.05) is 20.0 Å². The molecule has 0 saturated carbocycles. The van der Waals surface area contributed by atoms with Crippen molar-refractivity contribution in [1.29, 1.82) is 0 Å². The van der Waals surface area contributed by atoms with E-state index in [0.717, 1.165) is 22.7 Å². The molecule has 0 fully saturated rings. The lowest BCUT2D eigenvalue weighted by Gasteiger charge is -2.17. The van der Waals surface area contributed by atoms with Crippen LogP contribution in [0.25, 0.3) is 0 Å². The molecular formula is C14H16BrFN2S. The van der Waals surface area contributed by atoms with Crippen molar-refractivity contribution < 1.29 is 4.39 Å². The second-order valence-corrected chi connectivity index (χ2v) is 6.52. The van der Waals surface area contributed by atoms with Crippen LogP contribution in [0.3, 0.4) is 0 Å². The Morgan fingerprint density at radius 2 is 2.16 bits per heavy atom. The first-order valence-corrected chi connectivity index (χ1v) is 7.68. The number of benzene rings is 1. The summed E-state index contributed by atoms with van der Waals surface area (Å²) >= 11 is 5.03. The number of nitrogens with zero attached hydrogens (tertiary/aromatic N) is 1. The number of nitrogens with one attached hydrogen (secondary N) is 1. The molecule has 0 aliphatic heterocycles. The molecule has 2 nitrogen and oxygen atoms in total. The van der Waals surface area contributed by atoms with Gasteiger partial charge in [0.1, 0.15) is 5.82 Å². The second kappa shape index (κ2) is 6.11. The van der Waals surface area contributed by atoms with E-state index < -0.39 is 0 Å². The van der Waals surface area contributed by atoms with Gasteiger partial charge in [0, 0.05) is 17.3 Å². The third-order valence-corrected chi connectivity index (χ3v) is 5.09. The van der Waals surface area contributed by atoms with Crippen LogP contribution in [0.4, 0.5) is 4.39 Å². The lowest BCUT2D eigenvalue weighted by Crippen LogP contribution is -2.19. The molecule has 102 valence electrons. The van der Waals surface area contributed by atoms with E-state index >= 15 is 0 Å². The highest BCUT2D eigenvalue weighted by molar-refractivity contribution is 9.10. The summed E-state index contributed by atoms with van der Waals surface area (Å²) in [5.74, 6) is -0.232. The predicted molar refractivity (Wildman–Crippen MR) is 81.2 cm³/mol. The highest BCUT2D eigenvalue weighted by Gasteiger charge is 2.17. The Balaban J connectivity index is 2.27. The summed E-state index contributed by atoms with van der Waals surface area (Å²) in [6.45, 7) is 4.09. The molecule has 5 heteroatoms. The van der Waals surface area contributed by atoms with Gasteiger partial charge in [-0.05, 0) is 48.5 Å². The zero-order chi connectivity index (χ0) is 14.0. The van der Waals surface area contributed by atoms with Crippen LogP contribution in [-0.2, 0) is 6.42 Å². The highest BCUT2D eigenvalue weighted by Crippen LogP contribution is 2.29. The van der Waals surface area contributed by atoms with Crippen molar-refractivity contribution in [1.82, 2.24) is 10.3 Å². The Hall–Kier alpha value is -0.780. The van der Waals surface area contributed by atoms with E-state index in [1.165, 1.54) is 10.9 Å². The van der Waals surface area contributed by atoms with Crippen molar-refractivity contribution in [3.05, 3.63) is 49.6 Å². The minimum Gasteiger partial charge on any atom is -0.313 e. The van der Waals surface area contributed by atoms with Crippen molar-refractivity contribution in [2.45, 2.75) is 26.3 Å². The van der Waals surface area contributed by atoms with Crippen molar-refractivity contribution in [3.8, 4) is 0 Å². The number of hydrogen-bond donors (Lipinski definition) is 1. The Bertz CT molecular complexity index is 563. The largest absolute Gasteiger partial charge is 0.313 e. The molecule has 1 unspecified atom stereocenters. The molecule has 1 aromatic carbocycles. The van der Waals surface area contributed by atoms with Gasteiger partial charge in [0.05, 0.1) is 15.2 Å². The molecule has 1 N–H and O–H groups in total. The van der Waals surface area contributed by atoms with Crippen molar-refractivity contribution in [2.75, 3.05) is 7.05 Å². The normalized spacial score (nSPS) is 12.7. The Morgan fingerprint density at radius 1 is 1.42 bits per heavy atom. The van der Waals surface area contributed by atoms with Gasteiger partial charge in [-0.15, -0.1) is 11.3 Å². The summed E-state index contributed by atoms with van der Waals surface area (Å²) in [6, 6.07) is 5.17. The molecule has 0 aliphatic rings. The first kappa shape index (κ1) is 14.6. The maximum atomic E-state index is 13.6. The summed E-state index contributed by atoms with van der Waals surface area (Å²) in [5, 5.41) is 4.31.